The molecule has 3 heterocycles. The van der Waals surface area contributed by atoms with Gasteiger partial charge in [0.15, 0.2) is 11.3 Å². The van der Waals surface area contributed by atoms with Crippen LogP contribution in [0.15, 0.2) is 29.0 Å². The molecule has 102 valence electrons. The van der Waals surface area contributed by atoms with E-state index in [0.717, 1.165) is 17.7 Å². The predicted octanol–water partition coefficient (Wildman–Crippen LogP) is 1.84. The number of hydrogen-bond acceptors (Lipinski definition) is 5. The molecule has 0 bridgehead atoms. The molecule has 0 radical (unpaired) electrons. The second kappa shape index (κ2) is 4.76. The largest absolute Gasteiger partial charge is 0.338 e. The van der Waals surface area contributed by atoms with Gasteiger partial charge in [-0.1, -0.05) is 12.1 Å². The van der Waals surface area contributed by atoms with Crippen LogP contribution in [0.3, 0.4) is 0 Å². The number of anilines is 1. The molecule has 0 spiro atoms. The number of nitrogens with one attached hydrogen (secondary N) is 1. The number of amides is 1. The molecule has 0 aliphatic heterocycles. The normalized spacial score (nSPS) is 10.9. The van der Waals surface area contributed by atoms with Crippen molar-refractivity contribution in [2.45, 2.75) is 20.3 Å². The van der Waals surface area contributed by atoms with Gasteiger partial charge in [-0.3, -0.25) is 10.1 Å². The fourth-order valence-corrected chi connectivity index (χ4v) is 2.01. The summed E-state index contributed by atoms with van der Waals surface area (Å²) < 4.78 is 6.66. The first-order valence-corrected chi connectivity index (χ1v) is 6.26. The Morgan fingerprint density at radius 3 is 3.10 bits per heavy atom. The summed E-state index contributed by atoms with van der Waals surface area (Å²) in [7, 11) is 0. The van der Waals surface area contributed by atoms with Gasteiger partial charge in [0.05, 0.1) is 5.69 Å². The molecule has 0 aliphatic rings. The van der Waals surface area contributed by atoms with Crippen LogP contribution in [-0.4, -0.2) is 25.7 Å². The van der Waals surface area contributed by atoms with Crippen molar-refractivity contribution < 1.29 is 9.32 Å². The van der Waals surface area contributed by atoms with E-state index in [1.165, 1.54) is 0 Å². The van der Waals surface area contributed by atoms with E-state index in [9.17, 15) is 4.79 Å². The Labute approximate surface area is 114 Å². The monoisotopic (exact) mass is 271 g/mol. The first kappa shape index (κ1) is 12.3. The van der Waals surface area contributed by atoms with Crippen molar-refractivity contribution in [1.29, 1.82) is 0 Å². The Morgan fingerprint density at radius 1 is 1.50 bits per heavy atom. The molecule has 0 aromatic carbocycles. The number of carbonyl (C=O) groups is 1. The standard InChI is InChI=1S/C13H13N5O2/c1-3-9-8(2)17-20-13(9)15-12(19)10-7-11-14-5-4-6-18(11)16-10/h4-7H,3H2,1-2H3,(H,15,19). The number of hydrogen-bond donors (Lipinski definition) is 1. The minimum absolute atomic E-state index is 0.278. The molecule has 1 amide bonds. The summed E-state index contributed by atoms with van der Waals surface area (Å²) >= 11 is 0. The van der Waals surface area contributed by atoms with E-state index in [1.54, 1.807) is 29.0 Å². The van der Waals surface area contributed by atoms with Crippen molar-refractivity contribution >= 4 is 17.4 Å². The minimum Gasteiger partial charge on any atom is -0.338 e. The molecule has 0 saturated carbocycles. The second-order valence-corrected chi connectivity index (χ2v) is 4.34. The summed E-state index contributed by atoms with van der Waals surface area (Å²) in [6, 6.07) is 3.36. The van der Waals surface area contributed by atoms with E-state index in [4.69, 9.17) is 4.52 Å². The first-order valence-electron chi connectivity index (χ1n) is 6.26. The highest BCUT2D eigenvalue weighted by molar-refractivity contribution is 6.03. The van der Waals surface area contributed by atoms with Crippen LogP contribution in [0.4, 0.5) is 5.88 Å². The number of aromatic nitrogens is 4. The highest BCUT2D eigenvalue weighted by Crippen LogP contribution is 2.20. The molecule has 0 atom stereocenters. The molecule has 0 fully saturated rings. The van der Waals surface area contributed by atoms with Crippen LogP contribution in [0.1, 0.15) is 28.7 Å². The van der Waals surface area contributed by atoms with Crippen LogP contribution in [0.5, 0.6) is 0 Å². The van der Waals surface area contributed by atoms with Crippen LogP contribution in [0.25, 0.3) is 5.65 Å². The third-order valence-electron chi connectivity index (χ3n) is 3.03. The summed E-state index contributed by atoms with van der Waals surface area (Å²) in [5.41, 5.74) is 2.56. The van der Waals surface area contributed by atoms with Gasteiger partial charge in [-0.15, -0.1) is 0 Å². The quantitative estimate of drug-likeness (QED) is 0.785. The van der Waals surface area contributed by atoms with Crippen LogP contribution in [0.2, 0.25) is 0 Å². The lowest BCUT2D eigenvalue weighted by molar-refractivity contribution is 0.101. The Morgan fingerprint density at radius 2 is 2.35 bits per heavy atom. The molecular formula is C13H13N5O2. The maximum absolute atomic E-state index is 12.2. The molecule has 0 aliphatic carbocycles. The van der Waals surface area contributed by atoms with E-state index in [2.05, 4.69) is 20.6 Å². The van der Waals surface area contributed by atoms with Crippen molar-refractivity contribution in [2.75, 3.05) is 5.32 Å². The third-order valence-corrected chi connectivity index (χ3v) is 3.03. The van der Waals surface area contributed by atoms with Gasteiger partial charge >= 0.3 is 0 Å². The van der Waals surface area contributed by atoms with Crippen molar-refractivity contribution in [2.24, 2.45) is 0 Å². The lowest BCUT2D eigenvalue weighted by atomic mass is 10.2. The van der Waals surface area contributed by atoms with Gasteiger partial charge < -0.3 is 4.52 Å². The van der Waals surface area contributed by atoms with E-state index in [0.29, 0.717) is 11.5 Å². The number of fused-ring (bicyclic) bond motifs is 1. The molecule has 1 N–H and O–H groups in total. The van der Waals surface area contributed by atoms with Gasteiger partial charge in [0, 0.05) is 24.0 Å². The molecule has 7 nitrogen and oxygen atoms in total. The van der Waals surface area contributed by atoms with Gasteiger partial charge in [0.2, 0.25) is 5.88 Å². The first-order chi connectivity index (χ1) is 9.69. The van der Waals surface area contributed by atoms with Crippen molar-refractivity contribution in [3.05, 3.63) is 41.5 Å². The maximum atomic E-state index is 12.2. The fourth-order valence-electron chi connectivity index (χ4n) is 2.01. The summed E-state index contributed by atoms with van der Waals surface area (Å²) in [4.78, 5) is 16.3. The van der Waals surface area contributed by atoms with Crippen LogP contribution < -0.4 is 5.32 Å². The van der Waals surface area contributed by atoms with E-state index >= 15 is 0 Å². The number of carbonyl (C=O) groups excluding carboxylic acids is 1. The van der Waals surface area contributed by atoms with Gasteiger partial charge in [-0.2, -0.15) is 5.10 Å². The van der Waals surface area contributed by atoms with E-state index in [1.807, 2.05) is 13.8 Å². The molecule has 7 heteroatoms. The third kappa shape index (κ3) is 2.03. The van der Waals surface area contributed by atoms with Gasteiger partial charge in [-0.05, 0) is 19.4 Å². The lowest BCUT2D eigenvalue weighted by Gasteiger charge is -2.00. The molecule has 3 aromatic rings. The molecule has 0 saturated heterocycles. The van der Waals surface area contributed by atoms with Crippen LogP contribution in [-0.2, 0) is 6.42 Å². The Kier molecular flexibility index (Phi) is 2.94. The average molecular weight is 271 g/mol. The van der Waals surface area contributed by atoms with E-state index < -0.39 is 0 Å². The SMILES string of the molecule is CCc1c(C)noc1NC(=O)c1cc2ncccn2n1. The molecule has 3 aromatic heterocycles. The Bertz CT molecular complexity index is 741. The number of aryl methyl sites for hydroxylation is 1. The van der Waals surface area contributed by atoms with Crippen LogP contribution in [0, 0.1) is 6.92 Å². The zero-order chi connectivity index (χ0) is 14.1. The summed E-state index contributed by atoms with van der Waals surface area (Å²) in [5.74, 6) is 0.0290. The number of rotatable bonds is 3. The van der Waals surface area contributed by atoms with Crippen molar-refractivity contribution in [3.63, 3.8) is 0 Å². The maximum Gasteiger partial charge on any atom is 0.278 e. The smallest absolute Gasteiger partial charge is 0.278 e. The lowest BCUT2D eigenvalue weighted by Crippen LogP contribution is -2.13. The van der Waals surface area contributed by atoms with Crippen LogP contribution >= 0.6 is 0 Å². The second-order valence-electron chi connectivity index (χ2n) is 4.34. The average Bonchev–Trinajstić information content (AvgIpc) is 3.02. The summed E-state index contributed by atoms with van der Waals surface area (Å²) in [5, 5.41) is 10.7. The Hall–Kier alpha value is -2.70. The molecule has 3 rings (SSSR count). The minimum atomic E-state index is -0.346. The highest BCUT2D eigenvalue weighted by Gasteiger charge is 2.17. The number of nitrogens with zero attached hydrogens (tertiary/aromatic N) is 4. The van der Waals surface area contributed by atoms with Gasteiger partial charge in [0.1, 0.15) is 0 Å². The highest BCUT2D eigenvalue weighted by atomic mass is 16.5. The zero-order valence-electron chi connectivity index (χ0n) is 11.1. The van der Waals surface area contributed by atoms with Crippen molar-refractivity contribution in [3.8, 4) is 0 Å². The van der Waals surface area contributed by atoms with Gasteiger partial charge in [0.25, 0.3) is 5.91 Å². The fraction of sp³-hybridized carbons (Fsp3) is 0.231. The zero-order valence-corrected chi connectivity index (χ0v) is 11.1. The summed E-state index contributed by atoms with van der Waals surface area (Å²) in [6.07, 6.45) is 4.11. The molecule has 0 unspecified atom stereocenters. The van der Waals surface area contributed by atoms with Gasteiger partial charge in [-0.25, -0.2) is 9.50 Å². The van der Waals surface area contributed by atoms with Crippen molar-refractivity contribution in [1.82, 2.24) is 19.8 Å². The Balaban J connectivity index is 1.89. The predicted molar refractivity (Wildman–Crippen MR) is 71.6 cm³/mol. The van der Waals surface area contributed by atoms with E-state index in [-0.39, 0.29) is 11.6 Å². The molecule has 20 heavy (non-hydrogen) atoms. The molecular weight excluding hydrogens is 258 g/mol. The topological polar surface area (TPSA) is 85.3 Å². The summed E-state index contributed by atoms with van der Waals surface area (Å²) in [6.45, 7) is 3.82.